The van der Waals surface area contributed by atoms with Crippen LogP contribution in [0.25, 0.3) is 11.3 Å². The number of amides is 1. The molecule has 0 atom stereocenters. The predicted molar refractivity (Wildman–Crippen MR) is 103 cm³/mol. The Hall–Kier alpha value is -1.98. The van der Waals surface area contributed by atoms with Crippen LogP contribution in [0.1, 0.15) is 17.5 Å². The van der Waals surface area contributed by atoms with Crippen molar-refractivity contribution in [2.45, 2.75) is 19.8 Å². The van der Waals surface area contributed by atoms with E-state index in [1.807, 2.05) is 53.9 Å². The van der Waals surface area contributed by atoms with Crippen LogP contribution in [0.2, 0.25) is 0 Å². The van der Waals surface area contributed by atoms with Crippen LogP contribution in [0.3, 0.4) is 0 Å². The number of rotatable bonds is 5. The first-order valence-corrected chi connectivity index (χ1v) is 9.41. The van der Waals surface area contributed by atoms with E-state index in [0.29, 0.717) is 0 Å². The largest absolute Gasteiger partial charge is 0.326 e. The molecule has 24 heavy (non-hydrogen) atoms. The lowest BCUT2D eigenvalue weighted by molar-refractivity contribution is -0.115. The lowest BCUT2D eigenvalue weighted by Gasteiger charge is -2.05. The van der Waals surface area contributed by atoms with Gasteiger partial charge < -0.3 is 5.32 Å². The van der Waals surface area contributed by atoms with Crippen molar-refractivity contribution in [2.24, 2.45) is 0 Å². The molecule has 1 aromatic heterocycles. The van der Waals surface area contributed by atoms with Gasteiger partial charge in [-0.25, -0.2) is 4.98 Å². The van der Waals surface area contributed by atoms with Gasteiger partial charge in [0.15, 0.2) is 0 Å². The lowest BCUT2D eigenvalue weighted by atomic mass is 10.1. The van der Waals surface area contributed by atoms with Gasteiger partial charge in [-0.2, -0.15) is 0 Å². The van der Waals surface area contributed by atoms with Gasteiger partial charge in [-0.15, -0.1) is 11.3 Å². The average molecular weight is 401 g/mol. The minimum atomic E-state index is -0.0488. The van der Waals surface area contributed by atoms with E-state index in [-0.39, 0.29) is 12.3 Å². The predicted octanol–water partition coefficient (Wildman–Crippen LogP) is 5.32. The Morgan fingerprint density at radius 3 is 2.62 bits per heavy atom. The summed E-state index contributed by atoms with van der Waals surface area (Å²) in [7, 11) is 0. The van der Waals surface area contributed by atoms with Crippen LogP contribution < -0.4 is 5.32 Å². The fourth-order valence-electron chi connectivity index (χ4n) is 2.35. The van der Waals surface area contributed by atoms with Gasteiger partial charge in [0.25, 0.3) is 0 Å². The van der Waals surface area contributed by atoms with Crippen molar-refractivity contribution in [2.75, 3.05) is 5.32 Å². The number of hydrogen-bond acceptors (Lipinski definition) is 3. The number of aromatic nitrogens is 1. The minimum absolute atomic E-state index is 0.0488. The van der Waals surface area contributed by atoms with Crippen molar-refractivity contribution in [3.05, 3.63) is 69.0 Å². The Kier molecular flexibility index (Phi) is 5.43. The molecule has 0 aliphatic rings. The zero-order valence-electron chi connectivity index (χ0n) is 13.3. The Bertz CT molecular complexity index is 843. The van der Waals surface area contributed by atoms with Crippen LogP contribution in [-0.2, 0) is 17.6 Å². The number of thiazole rings is 1. The molecule has 2 aromatic carbocycles. The number of halogens is 1. The molecule has 0 spiro atoms. The van der Waals surface area contributed by atoms with Crippen LogP contribution in [0.15, 0.2) is 58.4 Å². The quantitative estimate of drug-likeness (QED) is 0.629. The molecule has 0 aliphatic heterocycles. The number of hydrogen-bond donors (Lipinski definition) is 1. The number of carbonyl (C=O) groups excluding carboxylic acids is 1. The van der Waals surface area contributed by atoms with Crippen molar-refractivity contribution < 1.29 is 4.79 Å². The van der Waals surface area contributed by atoms with E-state index in [4.69, 9.17) is 0 Å². The van der Waals surface area contributed by atoms with E-state index in [2.05, 4.69) is 33.2 Å². The van der Waals surface area contributed by atoms with Gasteiger partial charge in [-0.1, -0.05) is 53.2 Å². The van der Waals surface area contributed by atoms with Crippen molar-refractivity contribution in [3.8, 4) is 11.3 Å². The molecule has 0 radical (unpaired) electrons. The molecule has 0 unspecified atom stereocenters. The third-order valence-corrected chi connectivity index (χ3v) is 5.20. The molecule has 5 heteroatoms. The first-order chi connectivity index (χ1) is 11.7. The highest BCUT2D eigenvalue weighted by molar-refractivity contribution is 9.10. The number of nitrogens with zero attached hydrogens (tertiary/aromatic N) is 1. The number of benzene rings is 2. The van der Waals surface area contributed by atoms with Crippen molar-refractivity contribution in [1.82, 2.24) is 4.98 Å². The zero-order chi connectivity index (χ0) is 16.9. The van der Waals surface area contributed by atoms with Gasteiger partial charge in [0.2, 0.25) is 5.91 Å². The summed E-state index contributed by atoms with van der Waals surface area (Å²) in [5.74, 6) is -0.0488. The summed E-state index contributed by atoms with van der Waals surface area (Å²) in [5.41, 5.74) is 4.00. The van der Waals surface area contributed by atoms with Crippen molar-refractivity contribution in [3.63, 3.8) is 0 Å². The molecule has 3 rings (SSSR count). The summed E-state index contributed by atoms with van der Waals surface area (Å²) in [6.45, 7) is 2.11. The summed E-state index contributed by atoms with van der Waals surface area (Å²) < 4.78 is 1.00. The summed E-state index contributed by atoms with van der Waals surface area (Å²) >= 11 is 5.04. The summed E-state index contributed by atoms with van der Waals surface area (Å²) in [6, 6.07) is 15.9. The standard InChI is InChI=1S/C19H17BrN2OS/c1-2-13-7-9-14(10-8-13)21-18(23)11-19-22-17(12-24-19)15-5-3-4-6-16(15)20/h3-10,12H,2,11H2,1H3,(H,21,23). The molecular weight excluding hydrogens is 384 g/mol. The van der Waals surface area contributed by atoms with E-state index in [1.165, 1.54) is 16.9 Å². The number of aryl methyl sites for hydroxylation is 1. The highest BCUT2D eigenvalue weighted by Crippen LogP contribution is 2.29. The van der Waals surface area contributed by atoms with Gasteiger partial charge in [0.1, 0.15) is 5.01 Å². The second-order valence-corrected chi connectivity index (χ2v) is 7.18. The summed E-state index contributed by atoms with van der Waals surface area (Å²) in [5, 5.41) is 5.71. The van der Waals surface area contributed by atoms with Crippen molar-refractivity contribution >= 4 is 38.9 Å². The Morgan fingerprint density at radius 1 is 1.17 bits per heavy atom. The molecule has 0 saturated heterocycles. The number of anilines is 1. The Labute approximate surface area is 153 Å². The van der Waals surface area contributed by atoms with E-state index in [1.54, 1.807) is 0 Å². The van der Waals surface area contributed by atoms with E-state index < -0.39 is 0 Å². The maximum atomic E-state index is 12.2. The van der Waals surface area contributed by atoms with E-state index >= 15 is 0 Å². The molecule has 1 N–H and O–H groups in total. The van der Waals surface area contributed by atoms with E-state index in [9.17, 15) is 4.79 Å². The monoisotopic (exact) mass is 400 g/mol. The first kappa shape index (κ1) is 16.9. The molecule has 1 heterocycles. The third kappa shape index (κ3) is 4.10. The van der Waals surface area contributed by atoms with Crippen LogP contribution in [0.5, 0.6) is 0 Å². The zero-order valence-corrected chi connectivity index (χ0v) is 15.7. The fourth-order valence-corrected chi connectivity index (χ4v) is 3.63. The van der Waals surface area contributed by atoms with Crippen LogP contribution in [0.4, 0.5) is 5.69 Å². The molecule has 0 aliphatic carbocycles. The molecule has 1 amide bonds. The normalized spacial score (nSPS) is 10.6. The molecular formula is C19H17BrN2OS. The first-order valence-electron chi connectivity index (χ1n) is 7.74. The number of carbonyl (C=O) groups is 1. The molecule has 122 valence electrons. The topological polar surface area (TPSA) is 42.0 Å². The highest BCUT2D eigenvalue weighted by Gasteiger charge is 2.11. The molecule has 0 fully saturated rings. The lowest BCUT2D eigenvalue weighted by Crippen LogP contribution is -2.14. The van der Waals surface area contributed by atoms with Crippen LogP contribution >= 0.6 is 27.3 Å². The Balaban J connectivity index is 1.66. The van der Waals surface area contributed by atoms with Gasteiger partial charge >= 0.3 is 0 Å². The van der Waals surface area contributed by atoms with E-state index in [0.717, 1.165) is 32.8 Å². The molecule has 3 nitrogen and oxygen atoms in total. The summed E-state index contributed by atoms with van der Waals surface area (Å²) in [4.78, 5) is 16.8. The maximum absolute atomic E-state index is 12.2. The van der Waals surface area contributed by atoms with Gasteiger partial charge in [0.05, 0.1) is 12.1 Å². The Morgan fingerprint density at radius 2 is 1.92 bits per heavy atom. The minimum Gasteiger partial charge on any atom is -0.326 e. The smallest absolute Gasteiger partial charge is 0.231 e. The second-order valence-electron chi connectivity index (χ2n) is 5.38. The maximum Gasteiger partial charge on any atom is 0.231 e. The molecule has 0 saturated carbocycles. The van der Waals surface area contributed by atoms with Crippen molar-refractivity contribution in [1.29, 1.82) is 0 Å². The summed E-state index contributed by atoms with van der Waals surface area (Å²) in [6.07, 6.45) is 1.27. The average Bonchev–Trinajstić information content (AvgIpc) is 3.04. The van der Waals surface area contributed by atoms with Crippen LogP contribution in [-0.4, -0.2) is 10.9 Å². The molecule has 3 aromatic rings. The van der Waals surface area contributed by atoms with Gasteiger partial charge in [-0.05, 0) is 30.2 Å². The number of nitrogens with one attached hydrogen (secondary N) is 1. The van der Waals surface area contributed by atoms with Gasteiger partial charge in [0, 0.05) is 21.1 Å². The highest BCUT2D eigenvalue weighted by atomic mass is 79.9. The SMILES string of the molecule is CCc1ccc(NC(=O)Cc2nc(-c3ccccc3Br)cs2)cc1. The fraction of sp³-hybridized carbons (Fsp3) is 0.158. The molecule has 0 bridgehead atoms. The van der Waals surface area contributed by atoms with Crippen LogP contribution in [0, 0.1) is 0 Å². The second kappa shape index (κ2) is 7.73. The van der Waals surface area contributed by atoms with Gasteiger partial charge in [-0.3, -0.25) is 4.79 Å². The third-order valence-electron chi connectivity index (χ3n) is 3.66.